The average molecular weight is 284 g/mol. The van der Waals surface area contributed by atoms with Crippen LogP contribution in [0.3, 0.4) is 0 Å². The molecule has 1 aliphatic rings. The number of pyridine rings is 1. The molecule has 1 aromatic heterocycles. The van der Waals surface area contributed by atoms with Crippen LogP contribution in [-0.2, 0) is 6.54 Å². The van der Waals surface area contributed by atoms with Gasteiger partial charge in [0.05, 0.1) is 24.0 Å². The number of benzene rings is 1. The molecule has 0 atom stereocenters. The molecule has 3 rings (SSSR count). The second kappa shape index (κ2) is 5.32. The molecule has 6 heteroatoms. The third-order valence-electron chi connectivity index (χ3n) is 3.41. The predicted molar refractivity (Wildman–Crippen MR) is 80.2 cm³/mol. The third kappa shape index (κ3) is 2.60. The first-order valence-corrected chi connectivity index (χ1v) is 6.66. The highest BCUT2D eigenvalue weighted by Crippen LogP contribution is 2.27. The number of hydrogen-bond donors (Lipinski definition) is 2. The molecule has 1 aliphatic heterocycles. The number of amides is 1. The van der Waals surface area contributed by atoms with E-state index in [4.69, 9.17) is 16.2 Å². The number of fused-ring (bicyclic) bond motifs is 1. The topological polar surface area (TPSA) is 94.5 Å². The summed E-state index contributed by atoms with van der Waals surface area (Å²) in [6.07, 6.45) is 1.53. The van der Waals surface area contributed by atoms with Gasteiger partial charge in [0.2, 0.25) is 0 Å². The number of rotatable bonds is 2. The van der Waals surface area contributed by atoms with E-state index in [0.717, 1.165) is 11.3 Å². The molecule has 1 amide bonds. The summed E-state index contributed by atoms with van der Waals surface area (Å²) in [5, 5.41) is 0. The van der Waals surface area contributed by atoms with Crippen molar-refractivity contribution in [2.24, 2.45) is 5.73 Å². The lowest BCUT2D eigenvalue weighted by molar-refractivity contribution is 0.100. The molecule has 0 saturated carbocycles. The molecule has 0 bridgehead atoms. The van der Waals surface area contributed by atoms with E-state index < -0.39 is 5.91 Å². The zero-order valence-electron chi connectivity index (χ0n) is 11.5. The van der Waals surface area contributed by atoms with Crippen molar-refractivity contribution in [1.29, 1.82) is 0 Å². The predicted octanol–water partition coefficient (Wildman–Crippen LogP) is 1.16. The Morgan fingerprint density at radius 2 is 2.14 bits per heavy atom. The molecule has 2 heterocycles. The van der Waals surface area contributed by atoms with Crippen molar-refractivity contribution in [3.63, 3.8) is 0 Å². The summed E-state index contributed by atoms with van der Waals surface area (Å²) in [6, 6.07) is 9.38. The Morgan fingerprint density at radius 3 is 2.95 bits per heavy atom. The van der Waals surface area contributed by atoms with Crippen LogP contribution >= 0.6 is 0 Å². The van der Waals surface area contributed by atoms with Crippen LogP contribution in [0.4, 0.5) is 11.5 Å². The maximum Gasteiger partial charge on any atom is 0.252 e. The number of anilines is 2. The van der Waals surface area contributed by atoms with Crippen LogP contribution in [0.2, 0.25) is 0 Å². The SMILES string of the molecule is NC(=O)c1cc(N)cnc1N1CCOc2ccccc2C1. The Hall–Kier alpha value is -2.76. The molecule has 4 N–H and O–H groups in total. The van der Waals surface area contributed by atoms with Gasteiger partial charge >= 0.3 is 0 Å². The first-order chi connectivity index (χ1) is 10.1. The summed E-state index contributed by atoms with van der Waals surface area (Å²) in [5.41, 5.74) is 12.9. The molecule has 6 nitrogen and oxygen atoms in total. The van der Waals surface area contributed by atoms with Gasteiger partial charge in [-0.1, -0.05) is 18.2 Å². The van der Waals surface area contributed by atoms with Crippen LogP contribution < -0.4 is 21.1 Å². The molecule has 0 radical (unpaired) electrons. The molecule has 0 unspecified atom stereocenters. The number of primary amides is 1. The van der Waals surface area contributed by atoms with Crippen molar-refractivity contribution >= 4 is 17.4 Å². The van der Waals surface area contributed by atoms with Gasteiger partial charge in [0.1, 0.15) is 18.2 Å². The zero-order valence-corrected chi connectivity index (χ0v) is 11.5. The first kappa shape index (κ1) is 13.2. The highest BCUT2D eigenvalue weighted by Gasteiger charge is 2.21. The largest absolute Gasteiger partial charge is 0.491 e. The van der Waals surface area contributed by atoms with Crippen LogP contribution in [0.5, 0.6) is 5.75 Å². The Labute approximate surface area is 122 Å². The van der Waals surface area contributed by atoms with Crippen LogP contribution in [-0.4, -0.2) is 24.0 Å². The number of nitrogens with zero attached hydrogens (tertiary/aromatic N) is 2. The maximum atomic E-state index is 11.6. The van der Waals surface area contributed by atoms with Crippen LogP contribution in [0.25, 0.3) is 0 Å². The first-order valence-electron chi connectivity index (χ1n) is 6.66. The number of carbonyl (C=O) groups excluding carboxylic acids is 1. The van der Waals surface area contributed by atoms with E-state index in [1.807, 2.05) is 29.2 Å². The second-order valence-electron chi connectivity index (χ2n) is 4.88. The number of nitrogen functional groups attached to an aromatic ring is 1. The summed E-state index contributed by atoms with van der Waals surface area (Å²) >= 11 is 0. The van der Waals surface area contributed by atoms with Crippen LogP contribution in [0.1, 0.15) is 15.9 Å². The molecule has 21 heavy (non-hydrogen) atoms. The summed E-state index contributed by atoms with van der Waals surface area (Å²) in [5.74, 6) is 0.858. The number of hydrogen-bond acceptors (Lipinski definition) is 5. The smallest absolute Gasteiger partial charge is 0.252 e. The minimum atomic E-state index is -0.539. The lowest BCUT2D eigenvalue weighted by Crippen LogP contribution is -2.29. The van der Waals surface area contributed by atoms with E-state index >= 15 is 0 Å². The van der Waals surface area contributed by atoms with Crippen molar-refractivity contribution in [2.45, 2.75) is 6.54 Å². The highest BCUT2D eigenvalue weighted by molar-refractivity contribution is 5.98. The minimum absolute atomic E-state index is 0.328. The molecule has 0 spiro atoms. The van der Waals surface area contributed by atoms with Crippen molar-refractivity contribution < 1.29 is 9.53 Å². The fraction of sp³-hybridized carbons (Fsp3) is 0.200. The normalized spacial score (nSPS) is 14.0. The van der Waals surface area contributed by atoms with Gasteiger partial charge in [-0.3, -0.25) is 4.79 Å². The molecule has 0 aliphatic carbocycles. The van der Waals surface area contributed by atoms with Crippen LogP contribution in [0, 0.1) is 0 Å². The molecular weight excluding hydrogens is 268 g/mol. The van der Waals surface area contributed by atoms with E-state index in [9.17, 15) is 4.79 Å². The van der Waals surface area contributed by atoms with E-state index in [1.54, 1.807) is 6.07 Å². The Kier molecular flexibility index (Phi) is 3.35. The molecule has 108 valence electrons. The number of ether oxygens (including phenoxy) is 1. The van der Waals surface area contributed by atoms with Crippen molar-refractivity contribution in [2.75, 3.05) is 23.8 Å². The van der Waals surface area contributed by atoms with Gasteiger partial charge in [0, 0.05) is 12.1 Å². The lowest BCUT2D eigenvalue weighted by atomic mass is 10.1. The van der Waals surface area contributed by atoms with E-state index in [2.05, 4.69) is 4.98 Å². The van der Waals surface area contributed by atoms with Gasteiger partial charge in [0.25, 0.3) is 5.91 Å². The summed E-state index contributed by atoms with van der Waals surface area (Å²) in [7, 11) is 0. The quantitative estimate of drug-likeness (QED) is 0.863. The summed E-state index contributed by atoms with van der Waals surface area (Å²) in [6.45, 7) is 1.74. The van der Waals surface area contributed by atoms with Gasteiger partial charge in [-0.2, -0.15) is 0 Å². The van der Waals surface area contributed by atoms with E-state index in [1.165, 1.54) is 6.20 Å². The van der Waals surface area contributed by atoms with Crippen molar-refractivity contribution in [3.8, 4) is 5.75 Å². The molecule has 0 fully saturated rings. The average Bonchev–Trinajstić information content (AvgIpc) is 2.69. The fourth-order valence-electron chi connectivity index (χ4n) is 2.41. The summed E-state index contributed by atoms with van der Waals surface area (Å²) < 4.78 is 5.71. The molecule has 0 saturated heterocycles. The second-order valence-corrected chi connectivity index (χ2v) is 4.88. The van der Waals surface area contributed by atoms with Gasteiger partial charge in [-0.15, -0.1) is 0 Å². The van der Waals surface area contributed by atoms with Gasteiger partial charge < -0.3 is 21.1 Å². The van der Waals surface area contributed by atoms with Gasteiger partial charge in [0.15, 0.2) is 0 Å². The summed E-state index contributed by atoms with van der Waals surface area (Å²) in [4.78, 5) is 17.9. The Bertz CT molecular complexity index is 687. The molecule has 1 aromatic carbocycles. The third-order valence-corrected chi connectivity index (χ3v) is 3.41. The van der Waals surface area contributed by atoms with Crippen molar-refractivity contribution in [1.82, 2.24) is 4.98 Å². The fourth-order valence-corrected chi connectivity index (χ4v) is 2.41. The van der Waals surface area contributed by atoms with E-state index in [-0.39, 0.29) is 0 Å². The standard InChI is InChI=1S/C15H16N4O2/c16-11-7-12(14(17)20)15(18-8-11)19-5-6-21-13-4-2-1-3-10(13)9-19/h1-4,7-8H,5-6,9,16H2,(H2,17,20). The van der Waals surface area contributed by atoms with Gasteiger partial charge in [-0.05, 0) is 12.1 Å². The number of para-hydroxylation sites is 1. The molecular formula is C15H16N4O2. The molecule has 2 aromatic rings. The number of aromatic nitrogens is 1. The Balaban J connectivity index is 2.00. The zero-order chi connectivity index (χ0) is 14.8. The minimum Gasteiger partial charge on any atom is -0.491 e. The number of nitrogens with two attached hydrogens (primary N) is 2. The lowest BCUT2D eigenvalue weighted by Gasteiger charge is -2.22. The van der Waals surface area contributed by atoms with Crippen LogP contribution in [0.15, 0.2) is 36.5 Å². The maximum absolute atomic E-state index is 11.6. The Morgan fingerprint density at radius 1 is 1.33 bits per heavy atom. The van der Waals surface area contributed by atoms with E-state index in [0.29, 0.717) is 36.8 Å². The van der Waals surface area contributed by atoms with Gasteiger partial charge in [-0.25, -0.2) is 4.98 Å². The highest BCUT2D eigenvalue weighted by atomic mass is 16.5. The monoisotopic (exact) mass is 284 g/mol. The van der Waals surface area contributed by atoms with Crippen molar-refractivity contribution in [3.05, 3.63) is 47.7 Å². The number of carbonyl (C=O) groups is 1.